The topological polar surface area (TPSA) is 180 Å². The Morgan fingerprint density at radius 2 is 1.97 bits per heavy atom. The SMILES string of the molecule is C/C(=N\NC(=O)c1nnn(-c2nonc2N)c1-c1cccc([N+](=O)[O-])c1)c1ccc(CC(C)C)cc1. The number of hydrogen-bond acceptors (Lipinski definition) is 10. The summed E-state index contributed by atoms with van der Waals surface area (Å²) < 4.78 is 5.76. The Bertz CT molecular complexity index is 1440. The second-order valence-electron chi connectivity index (χ2n) is 8.41. The molecule has 184 valence electrons. The highest BCUT2D eigenvalue weighted by Gasteiger charge is 2.26. The van der Waals surface area contributed by atoms with Crippen LogP contribution in [0.5, 0.6) is 0 Å². The number of nitrogens with zero attached hydrogens (tertiary/aromatic N) is 7. The lowest BCUT2D eigenvalue weighted by molar-refractivity contribution is -0.384. The fourth-order valence-electron chi connectivity index (χ4n) is 3.55. The molecule has 0 radical (unpaired) electrons. The third-order valence-electron chi connectivity index (χ3n) is 5.25. The van der Waals surface area contributed by atoms with Crippen LogP contribution in [0.1, 0.15) is 42.4 Å². The number of hydrazone groups is 1. The minimum absolute atomic E-state index is 0.0239. The lowest BCUT2D eigenvalue weighted by atomic mass is 10.0. The van der Waals surface area contributed by atoms with Crippen molar-refractivity contribution in [2.24, 2.45) is 11.0 Å². The fraction of sp³-hybridized carbons (Fsp3) is 0.217. The summed E-state index contributed by atoms with van der Waals surface area (Å²) in [5, 5.41) is 30.6. The highest BCUT2D eigenvalue weighted by Crippen LogP contribution is 2.29. The summed E-state index contributed by atoms with van der Waals surface area (Å²) >= 11 is 0. The number of nitrogens with one attached hydrogen (secondary N) is 1. The van der Waals surface area contributed by atoms with Crippen molar-refractivity contribution in [2.45, 2.75) is 27.2 Å². The number of non-ortho nitro benzene ring substituents is 1. The van der Waals surface area contributed by atoms with Crippen molar-refractivity contribution in [3.63, 3.8) is 0 Å². The van der Waals surface area contributed by atoms with Crippen molar-refractivity contribution in [2.75, 3.05) is 5.73 Å². The molecule has 0 spiro atoms. The van der Waals surface area contributed by atoms with Gasteiger partial charge < -0.3 is 5.73 Å². The van der Waals surface area contributed by atoms with Gasteiger partial charge in [0, 0.05) is 17.7 Å². The second kappa shape index (κ2) is 10.1. The van der Waals surface area contributed by atoms with E-state index in [0.29, 0.717) is 11.6 Å². The van der Waals surface area contributed by atoms with Crippen molar-refractivity contribution in [3.8, 4) is 17.1 Å². The molecule has 2 heterocycles. The summed E-state index contributed by atoms with van der Waals surface area (Å²) in [4.78, 5) is 23.8. The van der Waals surface area contributed by atoms with E-state index >= 15 is 0 Å². The van der Waals surface area contributed by atoms with Gasteiger partial charge >= 0.3 is 0 Å². The molecule has 0 unspecified atom stereocenters. The molecule has 36 heavy (non-hydrogen) atoms. The molecule has 0 bridgehead atoms. The maximum atomic E-state index is 13.1. The van der Waals surface area contributed by atoms with Gasteiger partial charge in [-0.15, -0.1) is 5.10 Å². The van der Waals surface area contributed by atoms with E-state index in [9.17, 15) is 14.9 Å². The molecule has 0 fully saturated rings. The number of nitro groups is 1. The lowest BCUT2D eigenvalue weighted by Crippen LogP contribution is -2.21. The maximum Gasteiger partial charge on any atom is 0.294 e. The minimum Gasteiger partial charge on any atom is -0.378 e. The van der Waals surface area contributed by atoms with E-state index < -0.39 is 10.8 Å². The molecule has 13 heteroatoms. The van der Waals surface area contributed by atoms with Crippen molar-refractivity contribution in [1.82, 2.24) is 30.7 Å². The number of nitrogen functional groups attached to an aromatic ring is 1. The minimum atomic E-state index is -0.687. The third-order valence-corrected chi connectivity index (χ3v) is 5.25. The zero-order valence-corrected chi connectivity index (χ0v) is 19.7. The number of carbonyl (C=O) groups is 1. The summed E-state index contributed by atoms with van der Waals surface area (Å²) in [6, 6.07) is 13.6. The first kappa shape index (κ1) is 24.2. The molecule has 0 atom stereocenters. The zero-order chi connectivity index (χ0) is 25.8. The molecule has 1 amide bonds. The number of rotatable bonds is 8. The number of nitro benzene ring substituents is 1. The Labute approximate surface area is 205 Å². The van der Waals surface area contributed by atoms with Gasteiger partial charge in [0.2, 0.25) is 11.6 Å². The number of nitrogens with two attached hydrogens (primary N) is 1. The van der Waals surface area contributed by atoms with Crippen LogP contribution in [0.15, 0.2) is 58.3 Å². The van der Waals surface area contributed by atoms with Crippen molar-refractivity contribution in [1.29, 1.82) is 0 Å². The van der Waals surface area contributed by atoms with Crippen LogP contribution in [-0.2, 0) is 6.42 Å². The molecule has 0 aliphatic carbocycles. The summed E-state index contributed by atoms with van der Waals surface area (Å²) in [7, 11) is 0. The first-order chi connectivity index (χ1) is 17.2. The maximum absolute atomic E-state index is 13.1. The van der Waals surface area contributed by atoms with E-state index in [1.54, 1.807) is 13.0 Å². The molecule has 2 aromatic heterocycles. The van der Waals surface area contributed by atoms with E-state index in [1.165, 1.54) is 23.8 Å². The van der Waals surface area contributed by atoms with Crippen LogP contribution in [-0.4, -0.2) is 41.8 Å². The Morgan fingerprint density at radius 3 is 2.61 bits per heavy atom. The van der Waals surface area contributed by atoms with Gasteiger partial charge in [-0.25, -0.2) is 10.1 Å². The summed E-state index contributed by atoms with van der Waals surface area (Å²) in [6.45, 7) is 6.07. The van der Waals surface area contributed by atoms with Gasteiger partial charge in [-0.2, -0.15) is 9.78 Å². The molecule has 0 saturated heterocycles. The molecule has 0 aliphatic heterocycles. The molecule has 0 aliphatic rings. The first-order valence-corrected chi connectivity index (χ1v) is 11.0. The second-order valence-corrected chi connectivity index (χ2v) is 8.41. The zero-order valence-electron chi connectivity index (χ0n) is 19.7. The van der Waals surface area contributed by atoms with Crippen molar-refractivity contribution >= 4 is 23.1 Å². The highest BCUT2D eigenvalue weighted by atomic mass is 16.6. The number of aromatic nitrogens is 5. The number of benzene rings is 2. The van der Waals surface area contributed by atoms with Gasteiger partial charge in [0.1, 0.15) is 5.69 Å². The van der Waals surface area contributed by atoms with Crippen molar-refractivity contribution in [3.05, 3.63) is 75.5 Å². The molecule has 0 saturated carbocycles. The monoisotopic (exact) mass is 489 g/mol. The normalized spacial score (nSPS) is 11.6. The van der Waals surface area contributed by atoms with Crippen LogP contribution >= 0.6 is 0 Å². The third kappa shape index (κ3) is 5.09. The van der Waals surface area contributed by atoms with Crippen LogP contribution in [0.25, 0.3) is 17.1 Å². The van der Waals surface area contributed by atoms with Crippen molar-refractivity contribution < 1.29 is 14.3 Å². The van der Waals surface area contributed by atoms with Crippen LogP contribution in [0.2, 0.25) is 0 Å². The Hall–Kier alpha value is -4.94. The van der Waals surface area contributed by atoms with Gasteiger partial charge in [-0.05, 0) is 40.7 Å². The molecule has 4 rings (SSSR count). The Kier molecular flexibility index (Phi) is 6.81. The van der Waals surface area contributed by atoms with Crippen LogP contribution < -0.4 is 11.2 Å². The Balaban J connectivity index is 1.66. The summed E-state index contributed by atoms with van der Waals surface area (Å²) in [5.74, 6) is -0.270. The number of carbonyl (C=O) groups excluding carboxylic acids is 1. The standard InChI is InChI=1S/C23H23N9O4/c1-13(2)11-15-7-9-16(10-8-15)14(3)25-27-23(33)19-20(17-5-4-6-18(12-17)32(34)35)31(30-26-19)22-21(24)28-36-29-22/h4-10,12-13H,11H2,1-3H3,(H2,24,28)(H,27,33)/b25-14+. The summed E-state index contributed by atoms with van der Waals surface area (Å²) in [6.07, 6.45) is 0.967. The van der Waals surface area contributed by atoms with Gasteiger partial charge in [0.05, 0.1) is 10.6 Å². The Morgan fingerprint density at radius 1 is 1.22 bits per heavy atom. The molecular formula is C23H23N9O4. The molecule has 4 aromatic rings. The molecule has 3 N–H and O–H groups in total. The van der Waals surface area contributed by atoms with Crippen LogP contribution in [0.4, 0.5) is 11.5 Å². The molecular weight excluding hydrogens is 466 g/mol. The van der Waals surface area contributed by atoms with E-state index in [-0.39, 0.29) is 34.3 Å². The predicted molar refractivity (Wildman–Crippen MR) is 130 cm³/mol. The number of amides is 1. The average Bonchev–Trinajstić information content (AvgIpc) is 3.48. The van der Waals surface area contributed by atoms with Gasteiger partial charge in [-0.3, -0.25) is 14.9 Å². The predicted octanol–water partition coefficient (Wildman–Crippen LogP) is 3.16. The van der Waals surface area contributed by atoms with Gasteiger partial charge in [0.25, 0.3) is 11.6 Å². The summed E-state index contributed by atoms with van der Waals surface area (Å²) in [5.41, 5.74) is 10.9. The highest BCUT2D eigenvalue weighted by molar-refractivity contribution is 6.02. The fourth-order valence-corrected chi connectivity index (χ4v) is 3.55. The van der Waals surface area contributed by atoms with E-state index in [2.05, 4.69) is 49.6 Å². The molecule has 13 nitrogen and oxygen atoms in total. The van der Waals surface area contributed by atoms with Crippen LogP contribution in [0.3, 0.4) is 0 Å². The number of hydrogen-bond donors (Lipinski definition) is 2. The quantitative estimate of drug-likeness (QED) is 0.213. The molecule has 2 aromatic carbocycles. The van der Waals surface area contributed by atoms with E-state index in [1.807, 2.05) is 24.3 Å². The number of anilines is 1. The van der Waals surface area contributed by atoms with E-state index in [0.717, 1.165) is 16.7 Å². The van der Waals surface area contributed by atoms with Gasteiger partial charge in [0.15, 0.2) is 5.69 Å². The van der Waals surface area contributed by atoms with Crippen LogP contribution in [0, 0.1) is 16.0 Å². The average molecular weight is 489 g/mol. The van der Waals surface area contributed by atoms with Gasteiger partial charge in [-0.1, -0.05) is 55.5 Å². The lowest BCUT2D eigenvalue weighted by Gasteiger charge is -2.07. The largest absolute Gasteiger partial charge is 0.378 e. The first-order valence-electron chi connectivity index (χ1n) is 11.0. The van der Waals surface area contributed by atoms with E-state index in [4.69, 9.17) is 5.73 Å². The smallest absolute Gasteiger partial charge is 0.294 e.